The van der Waals surface area contributed by atoms with Gasteiger partial charge in [0.2, 0.25) is 0 Å². The Morgan fingerprint density at radius 3 is 2.20 bits per heavy atom. The summed E-state index contributed by atoms with van der Waals surface area (Å²) in [4.78, 5) is 0. The number of rotatable bonds is 1. The molecular weight excluding hydrogens is 184 g/mol. The first-order chi connectivity index (χ1) is 7.09. The van der Waals surface area contributed by atoms with Crippen molar-refractivity contribution in [2.75, 3.05) is 0 Å². The summed E-state index contributed by atoms with van der Waals surface area (Å²) in [6.45, 7) is 6.49. The summed E-state index contributed by atoms with van der Waals surface area (Å²) in [6, 6.07) is 12.4. The van der Waals surface area contributed by atoms with Crippen molar-refractivity contribution in [2.24, 2.45) is 0 Å². The second kappa shape index (κ2) is 3.58. The van der Waals surface area contributed by atoms with E-state index in [2.05, 4.69) is 45.0 Å². The maximum absolute atomic E-state index is 5.58. The summed E-state index contributed by atoms with van der Waals surface area (Å²) in [6.07, 6.45) is 1.77. The maximum atomic E-state index is 5.58. The Kier molecular flexibility index (Phi) is 2.39. The van der Waals surface area contributed by atoms with Crippen LogP contribution in [0.3, 0.4) is 0 Å². The molecule has 78 valence electrons. The molecule has 0 radical (unpaired) electrons. The monoisotopic (exact) mass is 200 g/mol. The van der Waals surface area contributed by atoms with E-state index in [1.807, 2.05) is 12.1 Å². The van der Waals surface area contributed by atoms with E-state index in [0.717, 1.165) is 5.76 Å². The molecule has 0 spiro atoms. The Hall–Kier alpha value is -1.50. The van der Waals surface area contributed by atoms with Crippen LogP contribution in [0.5, 0.6) is 0 Å². The Balaban J connectivity index is 2.51. The lowest BCUT2D eigenvalue weighted by Gasteiger charge is -2.17. The Bertz CT molecular complexity index is 432. The van der Waals surface area contributed by atoms with E-state index in [9.17, 15) is 0 Å². The minimum absolute atomic E-state index is 0.0503. The molecule has 0 aliphatic rings. The zero-order valence-electron chi connectivity index (χ0n) is 9.45. The Morgan fingerprint density at radius 2 is 1.60 bits per heavy atom. The van der Waals surface area contributed by atoms with Crippen molar-refractivity contribution < 1.29 is 4.42 Å². The van der Waals surface area contributed by atoms with E-state index >= 15 is 0 Å². The minimum atomic E-state index is 0.0503. The molecule has 0 fully saturated rings. The zero-order valence-corrected chi connectivity index (χ0v) is 9.45. The van der Waals surface area contributed by atoms with Crippen LogP contribution in [0, 0.1) is 0 Å². The topological polar surface area (TPSA) is 13.1 Å². The van der Waals surface area contributed by atoms with Crippen LogP contribution in [0.4, 0.5) is 0 Å². The second-order valence-electron chi connectivity index (χ2n) is 4.78. The molecule has 1 nitrogen and oxygen atoms in total. The first-order valence-electron chi connectivity index (χ1n) is 5.22. The summed E-state index contributed by atoms with van der Waals surface area (Å²) in [5.41, 5.74) is 2.47. The van der Waals surface area contributed by atoms with Gasteiger partial charge < -0.3 is 4.42 Å². The van der Waals surface area contributed by atoms with Gasteiger partial charge >= 0.3 is 0 Å². The fourth-order valence-corrected chi connectivity index (χ4v) is 1.74. The van der Waals surface area contributed by atoms with Gasteiger partial charge in [-0.3, -0.25) is 0 Å². The zero-order chi connectivity index (χ0) is 10.9. The average molecular weight is 200 g/mol. The highest BCUT2D eigenvalue weighted by Gasteiger charge is 2.22. The predicted molar refractivity (Wildman–Crippen MR) is 62.8 cm³/mol. The third kappa shape index (κ3) is 1.96. The molecule has 1 heteroatoms. The van der Waals surface area contributed by atoms with E-state index in [-0.39, 0.29) is 5.41 Å². The lowest BCUT2D eigenvalue weighted by atomic mass is 9.88. The van der Waals surface area contributed by atoms with Gasteiger partial charge in [0.15, 0.2) is 0 Å². The minimum Gasteiger partial charge on any atom is -0.468 e. The van der Waals surface area contributed by atoms with Crippen LogP contribution in [-0.4, -0.2) is 0 Å². The van der Waals surface area contributed by atoms with Gasteiger partial charge in [-0.1, -0.05) is 51.1 Å². The van der Waals surface area contributed by atoms with Gasteiger partial charge in [0.05, 0.1) is 6.26 Å². The fourth-order valence-electron chi connectivity index (χ4n) is 1.74. The van der Waals surface area contributed by atoms with Crippen LogP contribution < -0.4 is 0 Å². The third-order valence-electron chi connectivity index (χ3n) is 2.43. The SMILES string of the molecule is CC(C)(C)c1occc1-c1ccccc1. The molecule has 1 aromatic carbocycles. The van der Waals surface area contributed by atoms with Gasteiger partial charge in [0.25, 0.3) is 0 Å². The summed E-state index contributed by atoms with van der Waals surface area (Å²) < 4.78 is 5.58. The molecule has 0 unspecified atom stereocenters. The van der Waals surface area contributed by atoms with Gasteiger partial charge in [0, 0.05) is 11.0 Å². The lowest BCUT2D eigenvalue weighted by Crippen LogP contribution is -2.10. The van der Waals surface area contributed by atoms with Crippen LogP contribution >= 0.6 is 0 Å². The number of hydrogen-bond donors (Lipinski definition) is 0. The molecule has 1 aromatic heterocycles. The van der Waals surface area contributed by atoms with E-state index < -0.39 is 0 Å². The normalized spacial score (nSPS) is 11.7. The molecule has 1 heterocycles. The van der Waals surface area contributed by atoms with Crippen LogP contribution in [0.1, 0.15) is 26.5 Å². The molecular formula is C14H16O. The van der Waals surface area contributed by atoms with Crippen LogP contribution in [0.15, 0.2) is 47.1 Å². The quantitative estimate of drug-likeness (QED) is 0.671. The molecule has 0 amide bonds. The van der Waals surface area contributed by atoms with E-state index in [1.54, 1.807) is 6.26 Å². The highest BCUT2D eigenvalue weighted by atomic mass is 16.3. The smallest absolute Gasteiger partial charge is 0.116 e. The molecule has 0 atom stereocenters. The number of hydrogen-bond acceptors (Lipinski definition) is 1. The van der Waals surface area contributed by atoms with E-state index in [1.165, 1.54) is 11.1 Å². The molecule has 2 rings (SSSR count). The predicted octanol–water partition coefficient (Wildman–Crippen LogP) is 4.24. The summed E-state index contributed by atoms with van der Waals surface area (Å²) >= 11 is 0. The molecule has 0 saturated heterocycles. The van der Waals surface area contributed by atoms with E-state index in [4.69, 9.17) is 4.42 Å². The molecule has 0 saturated carbocycles. The highest BCUT2D eigenvalue weighted by Crippen LogP contribution is 2.33. The van der Waals surface area contributed by atoms with Gasteiger partial charge in [-0.05, 0) is 11.6 Å². The summed E-state index contributed by atoms with van der Waals surface area (Å²) in [5, 5.41) is 0. The fraction of sp³-hybridized carbons (Fsp3) is 0.286. The highest BCUT2D eigenvalue weighted by molar-refractivity contribution is 5.66. The molecule has 2 aromatic rings. The Labute approximate surface area is 90.7 Å². The van der Waals surface area contributed by atoms with Gasteiger partial charge in [0.1, 0.15) is 5.76 Å². The molecule has 15 heavy (non-hydrogen) atoms. The van der Waals surface area contributed by atoms with Gasteiger partial charge in [-0.15, -0.1) is 0 Å². The Morgan fingerprint density at radius 1 is 0.933 bits per heavy atom. The largest absolute Gasteiger partial charge is 0.468 e. The van der Waals surface area contributed by atoms with Crippen molar-refractivity contribution in [2.45, 2.75) is 26.2 Å². The number of furan rings is 1. The third-order valence-corrected chi connectivity index (χ3v) is 2.43. The maximum Gasteiger partial charge on any atom is 0.116 e. The first-order valence-corrected chi connectivity index (χ1v) is 5.22. The summed E-state index contributed by atoms with van der Waals surface area (Å²) in [7, 11) is 0. The number of benzene rings is 1. The average Bonchev–Trinajstić information content (AvgIpc) is 2.67. The van der Waals surface area contributed by atoms with Crippen molar-refractivity contribution in [3.05, 3.63) is 48.4 Å². The van der Waals surface area contributed by atoms with Crippen LogP contribution in [0.2, 0.25) is 0 Å². The van der Waals surface area contributed by atoms with Crippen LogP contribution in [-0.2, 0) is 5.41 Å². The summed E-state index contributed by atoms with van der Waals surface area (Å²) in [5.74, 6) is 1.05. The van der Waals surface area contributed by atoms with Crippen molar-refractivity contribution in [1.82, 2.24) is 0 Å². The molecule has 0 aliphatic heterocycles. The molecule has 0 aliphatic carbocycles. The van der Waals surface area contributed by atoms with Crippen molar-refractivity contribution in [3.8, 4) is 11.1 Å². The van der Waals surface area contributed by atoms with Gasteiger partial charge in [-0.2, -0.15) is 0 Å². The van der Waals surface area contributed by atoms with Crippen molar-refractivity contribution >= 4 is 0 Å². The lowest BCUT2D eigenvalue weighted by molar-refractivity contribution is 0.411. The van der Waals surface area contributed by atoms with Crippen LogP contribution in [0.25, 0.3) is 11.1 Å². The van der Waals surface area contributed by atoms with E-state index in [0.29, 0.717) is 0 Å². The van der Waals surface area contributed by atoms with Crippen molar-refractivity contribution in [3.63, 3.8) is 0 Å². The molecule has 0 N–H and O–H groups in total. The second-order valence-corrected chi connectivity index (χ2v) is 4.78. The molecule has 0 bridgehead atoms. The van der Waals surface area contributed by atoms with Gasteiger partial charge in [-0.25, -0.2) is 0 Å². The standard InChI is InChI=1S/C14H16O/c1-14(2,3)13-12(9-10-15-13)11-7-5-4-6-8-11/h4-10H,1-3H3. The van der Waals surface area contributed by atoms with Crippen molar-refractivity contribution in [1.29, 1.82) is 0 Å². The first kappa shape index (κ1) is 10.0.